The van der Waals surface area contributed by atoms with Crippen molar-refractivity contribution in [1.29, 1.82) is 0 Å². The highest BCUT2D eigenvalue weighted by Gasteiger charge is 2.40. The summed E-state index contributed by atoms with van der Waals surface area (Å²) in [6, 6.07) is 0. The van der Waals surface area contributed by atoms with E-state index in [2.05, 4.69) is 31.9 Å². The highest BCUT2D eigenvalue weighted by molar-refractivity contribution is 9.12. The maximum Gasteiger partial charge on any atom is 0.0748 e. The summed E-state index contributed by atoms with van der Waals surface area (Å²) >= 11 is 9.17. The van der Waals surface area contributed by atoms with Gasteiger partial charge in [0.05, 0.1) is 7.57 Å². The van der Waals surface area contributed by atoms with Crippen LogP contribution in [0.4, 0.5) is 0 Å². The fourth-order valence-corrected chi connectivity index (χ4v) is 6.30. The molecule has 1 aromatic rings. The lowest BCUT2D eigenvalue weighted by molar-refractivity contribution is 0.718. The molecule has 1 heterocycles. The van der Waals surface area contributed by atoms with Gasteiger partial charge in [-0.2, -0.15) is 0 Å². The Kier molecular flexibility index (Phi) is 1.72. The van der Waals surface area contributed by atoms with Crippen molar-refractivity contribution in [3.63, 3.8) is 0 Å². The minimum absolute atomic E-state index is 0.877. The molecule has 0 aromatic carbocycles. The number of hydrogen-bond donors (Lipinski definition) is 0. The van der Waals surface area contributed by atoms with E-state index in [0.717, 1.165) is 11.8 Å². The molecule has 64 valence electrons. The first kappa shape index (κ1) is 8.01. The Labute approximate surface area is 92.6 Å². The van der Waals surface area contributed by atoms with Crippen LogP contribution in [-0.2, 0) is 0 Å². The highest BCUT2D eigenvalue weighted by Crippen LogP contribution is 2.59. The molecule has 3 heteroatoms. The van der Waals surface area contributed by atoms with Crippen molar-refractivity contribution in [2.75, 3.05) is 0 Å². The lowest BCUT2D eigenvalue weighted by Crippen LogP contribution is -1.94. The van der Waals surface area contributed by atoms with Crippen LogP contribution in [0.15, 0.2) is 7.57 Å². The minimum atomic E-state index is 0.877. The van der Waals surface area contributed by atoms with E-state index >= 15 is 0 Å². The van der Waals surface area contributed by atoms with Crippen LogP contribution in [0.25, 0.3) is 0 Å². The Morgan fingerprint density at radius 2 is 1.50 bits per heavy atom. The Hall–Kier alpha value is 0.660. The predicted octanol–water partition coefficient (Wildman–Crippen LogP) is 4.64. The van der Waals surface area contributed by atoms with Crippen LogP contribution in [0, 0.1) is 0 Å². The third kappa shape index (κ3) is 0.878. The molecule has 1 fully saturated rings. The molecule has 1 saturated carbocycles. The molecular formula is C9H8Br2S. The van der Waals surface area contributed by atoms with Gasteiger partial charge in [0, 0.05) is 0 Å². The van der Waals surface area contributed by atoms with Crippen LogP contribution in [0.2, 0.25) is 0 Å². The quantitative estimate of drug-likeness (QED) is 0.655. The van der Waals surface area contributed by atoms with E-state index in [0.29, 0.717) is 0 Å². The molecule has 2 unspecified atom stereocenters. The molecular weight excluding hydrogens is 300 g/mol. The molecule has 0 radical (unpaired) electrons. The van der Waals surface area contributed by atoms with Crippen LogP contribution >= 0.6 is 43.2 Å². The summed E-state index contributed by atoms with van der Waals surface area (Å²) in [7, 11) is 0. The SMILES string of the molecule is Brc1sc(Br)c2c1C1CCC2C1. The molecule has 12 heavy (non-hydrogen) atoms. The van der Waals surface area contributed by atoms with Crippen LogP contribution in [0.3, 0.4) is 0 Å². The lowest BCUT2D eigenvalue weighted by atomic mass is 9.96. The van der Waals surface area contributed by atoms with Crippen molar-refractivity contribution in [2.24, 2.45) is 0 Å². The Morgan fingerprint density at radius 3 is 2.00 bits per heavy atom. The number of rotatable bonds is 0. The third-order valence-corrected chi connectivity index (χ3v) is 5.77. The van der Waals surface area contributed by atoms with Gasteiger partial charge in [-0.3, -0.25) is 0 Å². The summed E-state index contributed by atoms with van der Waals surface area (Å²) in [5.74, 6) is 1.75. The van der Waals surface area contributed by atoms with Gasteiger partial charge < -0.3 is 0 Å². The maximum atomic E-state index is 3.66. The minimum Gasteiger partial charge on any atom is -0.121 e. The zero-order chi connectivity index (χ0) is 8.29. The first-order valence-electron chi connectivity index (χ1n) is 4.25. The van der Waals surface area contributed by atoms with Crippen molar-refractivity contribution in [1.82, 2.24) is 0 Å². The molecule has 0 spiro atoms. The zero-order valence-corrected chi connectivity index (χ0v) is 10.4. The summed E-state index contributed by atoms with van der Waals surface area (Å²) < 4.78 is 2.74. The molecule has 0 amide bonds. The van der Waals surface area contributed by atoms with Crippen LogP contribution < -0.4 is 0 Å². The molecule has 0 N–H and O–H groups in total. The predicted molar refractivity (Wildman–Crippen MR) is 59.1 cm³/mol. The zero-order valence-electron chi connectivity index (χ0n) is 6.44. The van der Waals surface area contributed by atoms with Gasteiger partial charge in [0.15, 0.2) is 0 Å². The molecule has 2 bridgehead atoms. The van der Waals surface area contributed by atoms with Crippen molar-refractivity contribution in [3.05, 3.63) is 18.7 Å². The standard InChI is InChI=1S/C9H8Br2S/c10-8-6-4-1-2-5(3-4)7(6)9(11)12-8/h4-5H,1-3H2. The van der Waals surface area contributed by atoms with E-state index in [1.54, 1.807) is 11.1 Å². The van der Waals surface area contributed by atoms with Gasteiger partial charge in [-0.05, 0) is 74.1 Å². The van der Waals surface area contributed by atoms with E-state index in [4.69, 9.17) is 0 Å². The monoisotopic (exact) mass is 306 g/mol. The van der Waals surface area contributed by atoms with Crippen molar-refractivity contribution >= 4 is 43.2 Å². The second-order valence-electron chi connectivity index (χ2n) is 3.68. The summed E-state index contributed by atoms with van der Waals surface area (Å²) in [6.07, 6.45) is 4.24. The van der Waals surface area contributed by atoms with Gasteiger partial charge in [0.25, 0.3) is 0 Å². The van der Waals surface area contributed by atoms with Gasteiger partial charge in [0.1, 0.15) is 0 Å². The Balaban J connectivity index is 2.28. The summed E-state index contributed by atoms with van der Waals surface area (Å²) in [5, 5.41) is 0. The van der Waals surface area contributed by atoms with E-state index in [-0.39, 0.29) is 0 Å². The van der Waals surface area contributed by atoms with E-state index in [1.165, 1.54) is 26.8 Å². The molecule has 0 nitrogen and oxygen atoms in total. The second-order valence-corrected chi connectivity index (χ2v) is 7.34. The molecule has 0 saturated heterocycles. The Morgan fingerprint density at radius 1 is 1.00 bits per heavy atom. The second kappa shape index (κ2) is 2.58. The van der Waals surface area contributed by atoms with Crippen LogP contribution in [0.1, 0.15) is 42.2 Å². The molecule has 2 aliphatic rings. The molecule has 2 aliphatic carbocycles. The van der Waals surface area contributed by atoms with Gasteiger partial charge in [-0.25, -0.2) is 0 Å². The number of thiophene rings is 1. The molecule has 1 aromatic heterocycles. The van der Waals surface area contributed by atoms with Crippen LogP contribution in [-0.4, -0.2) is 0 Å². The number of fused-ring (bicyclic) bond motifs is 5. The fourth-order valence-electron chi connectivity index (χ4n) is 2.67. The lowest BCUT2D eigenvalue weighted by Gasteiger charge is -2.10. The van der Waals surface area contributed by atoms with Crippen molar-refractivity contribution in [3.8, 4) is 0 Å². The van der Waals surface area contributed by atoms with Gasteiger partial charge in [-0.1, -0.05) is 0 Å². The Bertz CT molecular complexity index is 312. The van der Waals surface area contributed by atoms with Crippen molar-refractivity contribution in [2.45, 2.75) is 31.1 Å². The smallest absolute Gasteiger partial charge is 0.0748 e. The highest BCUT2D eigenvalue weighted by atomic mass is 79.9. The third-order valence-electron chi connectivity index (χ3n) is 3.14. The molecule has 3 rings (SSSR count). The summed E-state index contributed by atoms with van der Waals surface area (Å²) in [6.45, 7) is 0. The van der Waals surface area contributed by atoms with E-state index in [1.807, 2.05) is 11.3 Å². The van der Waals surface area contributed by atoms with Gasteiger partial charge in [0.2, 0.25) is 0 Å². The van der Waals surface area contributed by atoms with Crippen LogP contribution in [0.5, 0.6) is 0 Å². The normalized spacial score (nSPS) is 31.2. The molecule has 2 atom stereocenters. The number of halogens is 2. The van der Waals surface area contributed by atoms with Crippen molar-refractivity contribution < 1.29 is 0 Å². The summed E-state index contributed by atoms with van der Waals surface area (Å²) in [5.41, 5.74) is 3.26. The number of hydrogen-bond acceptors (Lipinski definition) is 1. The van der Waals surface area contributed by atoms with Gasteiger partial charge in [-0.15, -0.1) is 11.3 Å². The van der Waals surface area contributed by atoms with E-state index < -0.39 is 0 Å². The first-order chi connectivity index (χ1) is 5.77. The average molecular weight is 308 g/mol. The average Bonchev–Trinajstić information content (AvgIpc) is 2.64. The maximum absolute atomic E-state index is 3.66. The van der Waals surface area contributed by atoms with Gasteiger partial charge >= 0.3 is 0 Å². The largest absolute Gasteiger partial charge is 0.121 e. The summed E-state index contributed by atoms with van der Waals surface area (Å²) in [4.78, 5) is 0. The first-order valence-corrected chi connectivity index (χ1v) is 6.65. The molecule has 0 aliphatic heterocycles. The fraction of sp³-hybridized carbons (Fsp3) is 0.556. The van der Waals surface area contributed by atoms with E-state index in [9.17, 15) is 0 Å². The topological polar surface area (TPSA) is 0 Å².